The molecule has 7 heteroatoms. The predicted molar refractivity (Wildman–Crippen MR) is 427 cm³/mol. The summed E-state index contributed by atoms with van der Waals surface area (Å²) in [6.07, 6.45) is 0. The van der Waals surface area contributed by atoms with Crippen molar-refractivity contribution in [2.75, 3.05) is 26.2 Å². The Balaban J connectivity index is -0.000000251. The van der Waals surface area contributed by atoms with Crippen molar-refractivity contribution < 1.29 is 63.2 Å². The van der Waals surface area contributed by atoms with Gasteiger partial charge in [0.2, 0.25) is 0 Å². The molecule has 0 radical (unpaired) electrons. The molecule has 12 aromatic rings. The molecule has 0 atom stereocenters. The molecule has 0 N–H and O–H groups in total. The van der Waals surface area contributed by atoms with Gasteiger partial charge in [-0.3, -0.25) is 9.80 Å². The zero-order valence-corrected chi connectivity index (χ0v) is 73.2. The quantitative estimate of drug-likeness (QED) is 0.120. The van der Waals surface area contributed by atoms with E-state index in [4.69, 9.17) is 0 Å². The van der Waals surface area contributed by atoms with Gasteiger partial charge in [-0.15, -0.1) is 36.4 Å². The number of nitrogens with zero attached hydrogens (tertiary/aromatic N) is 4. The molecule has 12 rings (SSSR count). The van der Waals surface area contributed by atoms with Crippen LogP contribution in [0.15, 0.2) is 243 Å². The Morgan fingerprint density at radius 3 is 0.495 bits per heavy atom. The van der Waals surface area contributed by atoms with E-state index in [-0.39, 0.29) is 63.2 Å². The normalized spacial score (nSPS) is 8.80. The van der Waals surface area contributed by atoms with Crippen LogP contribution >= 0.6 is 0 Å². The summed E-state index contributed by atoms with van der Waals surface area (Å²) in [6, 6.07) is 101. The Bertz CT molecular complexity index is 2970. The first kappa shape index (κ1) is 102. The van der Waals surface area contributed by atoms with Crippen molar-refractivity contribution in [3.8, 4) is 33.4 Å². The molecule has 2 heterocycles. The van der Waals surface area contributed by atoms with Crippen LogP contribution in [0.5, 0.6) is 0 Å². The minimum absolute atomic E-state index is 0. The third kappa shape index (κ3) is 36.4. The Hall–Kier alpha value is -6.22. The standard InChI is InChI=1S/2C17H20N2.3C12H8.10C2H6.3W/c2*1-3-18(4-2)13-19-16-11-7-5-9-14(16)15-10-6-8-12-17(15)19;3*1-3-7-11(8-4-1)12-9-5-2-6-10-12;10*1-2;;;/h2*5-12H,3-4,13H2,1-2H3;3*1-7,9H;10*1-2H3;;;/q;;3*-2;;;;;;;;;;;3*+2. The van der Waals surface area contributed by atoms with Gasteiger partial charge in [0.1, 0.15) is 0 Å². The molecule has 522 valence electrons. The van der Waals surface area contributed by atoms with Gasteiger partial charge in [-0.25, -0.2) is 33.4 Å². The first-order chi connectivity index (χ1) is 46.6. The number of fused-ring (bicyclic) bond motifs is 6. The van der Waals surface area contributed by atoms with E-state index < -0.39 is 0 Å². The molecule has 0 spiro atoms. The van der Waals surface area contributed by atoms with Crippen molar-refractivity contribution in [3.63, 3.8) is 0 Å². The average molecular weight is 1810 g/mol. The van der Waals surface area contributed by atoms with Gasteiger partial charge in [-0.1, -0.05) is 239 Å². The molecule has 0 aliphatic heterocycles. The fraction of sp³-hybridized carbons (Fsp3) is 0.333. The van der Waals surface area contributed by atoms with Crippen LogP contribution in [0.1, 0.15) is 166 Å². The van der Waals surface area contributed by atoms with E-state index in [1.165, 1.54) is 43.6 Å². The van der Waals surface area contributed by atoms with Crippen LogP contribution in [0.4, 0.5) is 0 Å². The van der Waals surface area contributed by atoms with Crippen LogP contribution in [0.2, 0.25) is 0 Å². The van der Waals surface area contributed by atoms with Gasteiger partial charge in [0.25, 0.3) is 0 Å². The minimum Gasteiger partial charge on any atom is -0.327 e. The Labute approximate surface area is 638 Å². The van der Waals surface area contributed by atoms with Crippen LogP contribution in [0.3, 0.4) is 0 Å². The summed E-state index contributed by atoms with van der Waals surface area (Å²) in [5.41, 5.74) is 11.9. The van der Waals surface area contributed by atoms with Gasteiger partial charge < -0.3 is 9.13 Å². The Kier molecular flexibility index (Phi) is 74.6. The van der Waals surface area contributed by atoms with Gasteiger partial charge in [0, 0.05) is 21.5 Å². The molecular weight excluding hydrogens is 1690 g/mol. The number of hydrogen-bond acceptors (Lipinski definition) is 2. The Morgan fingerprint density at radius 1 is 0.216 bits per heavy atom. The predicted octanol–water partition coefficient (Wildman–Crippen LogP) is 27.3. The summed E-state index contributed by atoms with van der Waals surface area (Å²) in [7, 11) is 0. The molecule has 0 fully saturated rings. The molecule has 2 aromatic heterocycles. The Morgan fingerprint density at radius 2 is 0.361 bits per heavy atom. The molecule has 0 saturated heterocycles. The zero-order chi connectivity index (χ0) is 71.2. The van der Waals surface area contributed by atoms with E-state index >= 15 is 0 Å². The van der Waals surface area contributed by atoms with Crippen molar-refractivity contribution in [2.45, 2.75) is 180 Å². The molecule has 0 bridgehead atoms. The van der Waals surface area contributed by atoms with Crippen LogP contribution in [0.25, 0.3) is 77.0 Å². The van der Waals surface area contributed by atoms with Gasteiger partial charge in [-0.2, -0.15) is 146 Å². The first-order valence-electron chi connectivity index (χ1n) is 35.8. The van der Waals surface area contributed by atoms with Gasteiger partial charge in [0.15, 0.2) is 0 Å². The zero-order valence-electron chi connectivity index (χ0n) is 64.4. The summed E-state index contributed by atoms with van der Waals surface area (Å²) >= 11 is 0. The number of aromatic nitrogens is 2. The first-order valence-corrected chi connectivity index (χ1v) is 35.8. The smallest absolute Gasteiger partial charge is 0.327 e. The number of hydrogen-bond donors (Lipinski definition) is 0. The summed E-state index contributed by atoms with van der Waals surface area (Å²) in [5.74, 6) is 0. The molecule has 0 aliphatic rings. The SMILES string of the molecule is CC.CC.CC.CC.CC.CC.CC.CC.CC.CC.CCN(CC)Cn1c2ccccc2c2ccccc21.CCN(CC)Cn1c2ccccc2c2ccccc21.[W+2].[W+2].[W+2].[c-]1ccccc1-c1[c-]cccc1.[c-]1ccccc1-c1[c-]cccc1.[c-]1ccccc1-c1[c-]cccc1. The topological polar surface area (TPSA) is 16.3 Å². The number of rotatable bonds is 11. The molecule has 0 amide bonds. The summed E-state index contributed by atoms with van der Waals surface area (Å²) < 4.78 is 4.86. The van der Waals surface area contributed by atoms with Crippen molar-refractivity contribution in [1.82, 2.24) is 18.9 Å². The maximum atomic E-state index is 3.15. The summed E-state index contributed by atoms with van der Waals surface area (Å²) in [5, 5.41) is 5.41. The largest absolute Gasteiger partial charge is 2.00 e. The monoisotopic (exact) mass is 1810 g/mol. The second-order valence-corrected chi connectivity index (χ2v) is 17.5. The van der Waals surface area contributed by atoms with Crippen LogP contribution in [-0.2, 0) is 76.5 Å². The molecule has 4 nitrogen and oxygen atoms in total. The molecule has 0 aliphatic carbocycles. The van der Waals surface area contributed by atoms with Gasteiger partial charge >= 0.3 is 63.2 Å². The van der Waals surface area contributed by atoms with E-state index in [0.29, 0.717) is 0 Å². The fourth-order valence-electron chi connectivity index (χ4n) is 8.92. The maximum absolute atomic E-state index is 3.15. The molecule has 97 heavy (non-hydrogen) atoms. The molecular formula is C90H124N4W3. The van der Waals surface area contributed by atoms with Crippen molar-refractivity contribution in [1.29, 1.82) is 0 Å². The van der Waals surface area contributed by atoms with Crippen LogP contribution in [-0.4, -0.2) is 45.1 Å². The van der Waals surface area contributed by atoms with E-state index in [9.17, 15) is 0 Å². The maximum Gasteiger partial charge on any atom is 2.00 e. The minimum atomic E-state index is 0. The third-order valence-corrected chi connectivity index (χ3v) is 13.0. The van der Waals surface area contributed by atoms with E-state index in [0.717, 1.165) is 72.9 Å². The second kappa shape index (κ2) is 71.1. The van der Waals surface area contributed by atoms with Crippen molar-refractivity contribution >= 4 is 43.6 Å². The van der Waals surface area contributed by atoms with E-state index in [1.807, 2.05) is 284 Å². The second-order valence-electron chi connectivity index (χ2n) is 17.5. The van der Waals surface area contributed by atoms with E-state index in [1.54, 1.807) is 0 Å². The van der Waals surface area contributed by atoms with Crippen LogP contribution < -0.4 is 0 Å². The number of benzene rings is 10. The molecule has 10 aromatic carbocycles. The molecule has 0 unspecified atom stereocenters. The van der Waals surface area contributed by atoms with Crippen LogP contribution in [0, 0.1) is 36.4 Å². The summed E-state index contributed by atoms with van der Waals surface area (Å²) in [4.78, 5) is 4.89. The fourth-order valence-corrected chi connectivity index (χ4v) is 8.92. The van der Waals surface area contributed by atoms with Crippen molar-refractivity contribution in [3.05, 3.63) is 279 Å². The third-order valence-electron chi connectivity index (χ3n) is 13.0. The van der Waals surface area contributed by atoms with Gasteiger partial charge in [0.05, 0.1) is 35.4 Å². The van der Waals surface area contributed by atoms with E-state index in [2.05, 4.69) is 180 Å². The number of para-hydroxylation sites is 4. The van der Waals surface area contributed by atoms with Gasteiger partial charge in [-0.05, 0) is 50.4 Å². The average Bonchev–Trinajstić information content (AvgIpc) is 1.63. The molecule has 0 saturated carbocycles. The summed E-state index contributed by atoms with van der Waals surface area (Å²) in [6.45, 7) is 55.1. The van der Waals surface area contributed by atoms with Crippen molar-refractivity contribution in [2.24, 2.45) is 0 Å².